The Morgan fingerprint density at radius 3 is 2.54 bits per heavy atom. The van der Waals surface area contributed by atoms with Crippen LogP contribution in [-0.2, 0) is 9.59 Å². The molecule has 1 fully saturated rings. The summed E-state index contributed by atoms with van der Waals surface area (Å²) in [5.74, 6) is -0.435. The molecule has 2 unspecified atom stereocenters. The normalized spacial score (nSPS) is 17.6. The Kier molecular flexibility index (Phi) is 7.68. The quantitative estimate of drug-likeness (QED) is 0.659. The number of hydrogen-bond acceptors (Lipinski definition) is 5. The van der Waals surface area contributed by atoms with Gasteiger partial charge >= 0.3 is 5.97 Å². The molecule has 3 rings (SSSR count). The van der Waals surface area contributed by atoms with Gasteiger partial charge in [0.1, 0.15) is 5.76 Å². The highest BCUT2D eigenvalue weighted by atomic mass is 32.1. The summed E-state index contributed by atoms with van der Waals surface area (Å²) in [6.07, 6.45) is 6.60. The third-order valence-electron chi connectivity index (χ3n) is 5.24. The second-order valence-corrected chi connectivity index (χ2v) is 8.28. The maximum Gasteiger partial charge on any atom is 0.304 e. The fourth-order valence-electron chi connectivity index (χ4n) is 3.81. The average Bonchev–Trinajstić information content (AvgIpc) is 3.32. The molecule has 0 bridgehead atoms. The van der Waals surface area contributed by atoms with Gasteiger partial charge in [-0.2, -0.15) is 0 Å². The number of nitrogens with zero attached hydrogens (tertiary/aromatic N) is 1. The molecule has 0 aromatic carbocycles. The summed E-state index contributed by atoms with van der Waals surface area (Å²) >= 11 is 1.50. The second-order valence-electron chi connectivity index (χ2n) is 7.30. The fourth-order valence-corrected chi connectivity index (χ4v) is 4.64. The van der Waals surface area contributed by atoms with Crippen molar-refractivity contribution in [1.29, 1.82) is 0 Å². The number of hydrogen-bond donors (Lipinski definition) is 2. The molecular weight excluding hydrogens is 376 g/mol. The van der Waals surface area contributed by atoms with Crippen LogP contribution in [0.5, 0.6) is 0 Å². The molecule has 2 aromatic rings. The molecule has 7 heteroatoms. The third-order valence-corrected chi connectivity index (χ3v) is 6.28. The van der Waals surface area contributed by atoms with Crippen LogP contribution in [0.2, 0.25) is 0 Å². The Balaban J connectivity index is 1.61. The summed E-state index contributed by atoms with van der Waals surface area (Å²) in [6, 6.07) is 7.63. The molecule has 2 N–H and O–H groups in total. The van der Waals surface area contributed by atoms with Gasteiger partial charge in [-0.25, -0.2) is 0 Å². The molecule has 3 heterocycles. The lowest BCUT2D eigenvalue weighted by atomic mass is 9.99. The lowest BCUT2D eigenvalue weighted by Gasteiger charge is -2.29. The van der Waals surface area contributed by atoms with E-state index < -0.39 is 5.97 Å². The zero-order valence-electron chi connectivity index (χ0n) is 16.0. The van der Waals surface area contributed by atoms with Gasteiger partial charge in [0.2, 0.25) is 5.91 Å². The standard InChI is InChI=1S/C21H28N2O4S/c24-20(13-16(14-21(25)26)19-8-6-12-28-19)22-15-17(18-7-5-11-27-18)23-9-3-1-2-4-10-23/h5-8,11-12,16-17H,1-4,9-10,13-15H2,(H,22,24)(H,25,26). The van der Waals surface area contributed by atoms with Crippen LogP contribution in [0.25, 0.3) is 0 Å². The Bertz CT molecular complexity index is 722. The largest absolute Gasteiger partial charge is 0.481 e. The molecule has 1 aliphatic heterocycles. The molecule has 2 aromatic heterocycles. The molecule has 6 nitrogen and oxygen atoms in total. The van der Waals surface area contributed by atoms with Gasteiger partial charge in [0.05, 0.1) is 18.7 Å². The van der Waals surface area contributed by atoms with Crippen LogP contribution in [0.4, 0.5) is 0 Å². The summed E-state index contributed by atoms with van der Waals surface area (Å²) in [6.45, 7) is 2.47. The lowest BCUT2D eigenvalue weighted by molar-refractivity contribution is -0.137. The van der Waals surface area contributed by atoms with Gasteiger partial charge in [0, 0.05) is 23.8 Å². The number of carboxylic acid groups (broad SMARTS) is 1. The lowest BCUT2D eigenvalue weighted by Crippen LogP contribution is -2.38. The summed E-state index contributed by atoms with van der Waals surface area (Å²) in [5, 5.41) is 14.1. The molecule has 0 aliphatic carbocycles. The highest BCUT2D eigenvalue weighted by Crippen LogP contribution is 2.28. The predicted octanol–water partition coefficient (Wildman–Crippen LogP) is 4.02. The molecule has 1 amide bonds. The first-order valence-corrected chi connectivity index (χ1v) is 10.8. The van der Waals surface area contributed by atoms with Crippen LogP contribution in [0.1, 0.15) is 61.1 Å². The number of aliphatic carboxylic acids is 1. The molecule has 0 radical (unpaired) electrons. The summed E-state index contributed by atoms with van der Waals surface area (Å²) in [5.41, 5.74) is 0. The van der Waals surface area contributed by atoms with Gasteiger partial charge in [0.25, 0.3) is 0 Å². The van der Waals surface area contributed by atoms with Crippen molar-refractivity contribution in [1.82, 2.24) is 10.2 Å². The number of likely N-dealkylation sites (tertiary alicyclic amines) is 1. The number of rotatable bonds is 9. The molecule has 152 valence electrons. The van der Waals surface area contributed by atoms with E-state index in [0.717, 1.165) is 36.6 Å². The van der Waals surface area contributed by atoms with Crippen LogP contribution >= 0.6 is 11.3 Å². The maximum absolute atomic E-state index is 12.6. The van der Waals surface area contributed by atoms with Crippen molar-refractivity contribution in [3.63, 3.8) is 0 Å². The van der Waals surface area contributed by atoms with Gasteiger partial charge in [0.15, 0.2) is 0 Å². The molecule has 1 saturated heterocycles. The Hall–Kier alpha value is -2.12. The van der Waals surface area contributed by atoms with Crippen molar-refractivity contribution in [3.05, 3.63) is 46.5 Å². The Labute approximate surface area is 169 Å². The van der Waals surface area contributed by atoms with Crippen molar-refractivity contribution in [3.8, 4) is 0 Å². The van der Waals surface area contributed by atoms with Crippen LogP contribution < -0.4 is 5.32 Å². The van der Waals surface area contributed by atoms with E-state index in [2.05, 4.69) is 10.2 Å². The first-order chi connectivity index (χ1) is 13.6. The average molecular weight is 405 g/mol. The van der Waals surface area contributed by atoms with E-state index in [0.29, 0.717) is 6.54 Å². The number of amides is 1. The number of nitrogens with one attached hydrogen (secondary N) is 1. The van der Waals surface area contributed by atoms with Gasteiger partial charge in [-0.05, 0) is 49.5 Å². The van der Waals surface area contributed by atoms with Crippen molar-refractivity contribution >= 4 is 23.2 Å². The topological polar surface area (TPSA) is 82.8 Å². The fraction of sp³-hybridized carbons (Fsp3) is 0.524. The molecule has 2 atom stereocenters. The van der Waals surface area contributed by atoms with Gasteiger partial charge in [-0.3, -0.25) is 14.5 Å². The van der Waals surface area contributed by atoms with Gasteiger partial charge in [-0.15, -0.1) is 11.3 Å². The number of carbonyl (C=O) groups is 2. The zero-order chi connectivity index (χ0) is 19.8. The molecule has 28 heavy (non-hydrogen) atoms. The first kappa shape index (κ1) is 20.6. The molecular formula is C21H28N2O4S. The van der Waals surface area contributed by atoms with E-state index in [1.165, 1.54) is 24.2 Å². The van der Waals surface area contributed by atoms with E-state index >= 15 is 0 Å². The molecule has 0 saturated carbocycles. The molecule has 0 spiro atoms. The minimum absolute atomic E-state index is 0.0108. The highest BCUT2D eigenvalue weighted by Gasteiger charge is 2.25. The van der Waals surface area contributed by atoms with Gasteiger partial charge < -0.3 is 14.8 Å². The minimum Gasteiger partial charge on any atom is -0.481 e. The van der Waals surface area contributed by atoms with Crippen molar-refractivity contribution < 1.29 is 19.1 Å². The highest BCUT2D eigenvalue weighted by molar-refractivity contribution is 7.10. The van der Waals surface area contributed by atoms with Crippen LogP contribution in [0.3, 0.4) is 0 Å². The number of carbonyl (C=O) groups excluding carboxylic acids is 1. The van der Waals surface area contributed by atoms with Crippen molar-refractivity contribution in [2.75, 3.05) is 19.6 Å². The Morgan fingerprint density at radius 1 is 1.14 bits per heavy atom. The first-order valence-electron chi connectivity index (χ1n) is 9.93. The van der Waals surface area contributed by atoms with E-state index in [-0.39, 0.29) is 30.7 Å². The van der Waals surface area contributed by atoms with E-state index in [4.69, 9.17) is 4.42 Å². The van der Waals surface area contributed by atoms with E-state index in [1.807, 2.05) is 29.6 Å². The molecule has 1 aliphatic rings. The van der Waals surface area contributed by atoms with Gasteiger partial charge in [-0.1, -0.05) is 18.9 Å². The monoisotopic (exact) mass is 404 g/mol. The zero-order valence-corrected chi connectivity index (χ0v) is 16.8. The third kappa shape index (κ3) is 5.94. The number of thiophene rings is 1. The van der Waals surface area contributed by atoms with Crippen LogP contribution in [0, 0.1) is 0 Å². The number of carboxylic acids is 1. The van der Waals surface area contributed by atoms with Crippen molar-refractivity contribution in [2.24, 2.45) is 0 Å². The smallest absolute Gasteiger partial charge is 0.304 e. The van der Waals surface area contributed by atoms with Crippen LogP contribution in [-0.4, -0.2) is 41.5 Å². The van der Waals surface area contributed by atoms with Crippen molar-refractivity contribution in [2.45, 2.75) is 50.5 Å². The number of furan rings is 1. The Morgan fingerprint density at radius 2 is 1.93 bits per heavy atom. The minimum atomic E-state index is -0.885. The van der Waals surface area contributed by atoms with E-state index in [1.54, 1.807) is 6.26 Å². The second kappa shape index (κ2) is 10.4. The maximum atomic E-state index is 12.6. The summed E-state index contributed by atoms with van der Waals surface area (Å²) in [4.78, 5) is 27.1. The summed E-state index contributed by atoms with van der Waals surface area (Å²) < 4.78 is 5.65. The SMILES string of the molecule is O=C(O)CC(CC(=O)NCC(c1ccco1)N1CCCCCC1)c1cccs1. The summed E-state index contributed by atoms with van der Waals surface area (Å²) in [7, 11) is 0. The van der Waals surface area contributed by atoms with Crippen LogP contribution in [0.15, 0.2) is 40.3 Å². The van der Waals surface area contributed by atoms with E-state index in [9.17, 15) is 14.7 Å². The predicted molar refractivity (Wildman–Crippen MR) is 108 cm³/mol.